The Kier molecular flexibility index (Phi) is 5.46. The van der Waals surface area contributed by atoms with Crippen LogP contribution in [0.1, 0.15) is 11.1 Å². The van der Waals surface area contributed by atoms with Crippen molar-refractivity contribution in [3.8, 4) is 23.0 Å². The molecule has 12 heteroatoms. The van der Waals surface area contributed by atoms with E-state index in [2.05, 4.69) is 10.1 Å². The number of aromatic nitrogens is 2. The van der Waals surface area contributed by atoms with Gasteiger partial charge in [0, 0.05) is 29.6 Å². The van der Waals surface area contributed by atoms with E-state index in [0.717, 1.165) is 12.1 Å². The first-order chi connectivity index (χ1) is 16.1. The van der Waals surface area contributed by atoms with E-state index < -0.39 is 21.8 Å². The lowest BCUT2D eigenvalue weighted by molar-refractivity contribution is -0.137. The molecule has 5 rings (SSSR count). The highest BCUT2D eigenvalue weighted by molar-refractivity contribution is 7.89. The van der Waals surface area contributed by atoms with Crippen molar-refractivity contribution >= 4 is 21.0 Å². The van der Waals surface area contributed by atoms with Crippen molar-refractivity contribution in [1.82, 2.24) is 14.4 Å². The van der Waals surface area contributed by atoms with Crippen LogP contribution in [0.15, 0.2) is 56.3 Å². The third-order valence-corrected chi connectivity index (χ3v) is 7.50. The predicted octanol–water partition coefficient (Wildman–Crippen LogP) is 4.50. The smallest absolute Gasteiger partial charge is 0.416 e. The molecule has 178 valence electrons. The van der Waals surface area contributed by atoms with Crippen LogP contribution in [0, 0.1) is 6.92 Å². The van der Waals surface area contributed by atoms with Gasteiger partial charge in [-0.1, -0.05) is 17.3 Å². The summed E-state index contributed by atoms with van der Waals surface area (Å²) in [6, 6.07) is 8.96. The van der Waals surface area contributed by atoms with E-state index in [0.29, 0.717) is 35.3 Å². The highest BCUT2D eigenvalue weighted by Crippen LogP contribution is 2.35. The Hall–Kier alpha value is -3.22. The summed E-state index contributed by atoms with van der Waals surface area (Å²) < 4.78 is 82.1. The molecule has 0 saturated carbocycles. The van der Waals surface area contributed by atoms with Gasteiger partial charge in [0.2, 0.25) is 15.8 Å². The SMILES string of the molecule is Cc1c(-c2nc(-c3ccc(C(F)(F)F)cc3)no2)oc2ccc(S(=O)(=O)N3CCOCC3)cc12. The van der Waals surface area contributed by atoms with Crippen molar-refractivity contribution in [3.05, 3.63) is 53.6 Å². The Morgan fingerprint density at radius 2 is 1.74 bits per heavy atom. The van der Waals surface area contributed by atoms with E-state index in [9.17, 15) is 21.6 Å². The van der Waals surface area contributed by atoms with Gasteiger partial charge in [-0.25, -0.2) is 8.42 Å². The number of aryl methyl sites for hydroxylation is 1. The number of rotatable bonds is 4. The van der Waals surface area contributed by atoms with Crippen LogP contribution < -0.4 is 0 Å². The van der Waals surface area contributed by atoms with Crippen molar-refractivity contribution < 1.29 is 35.3 Å². The lowest BCUT2D eigenvalue weighted by Crippen LogP contribution is -2.40. The molecule has 2 aromatic heterocycles. The number of furan rings is 1. The molecule has 2 aromatic carbocycles. The van der Waals surface area contributed by atoms with Gasteiger partial charge in [-0.05, 0) is 37.3 Å². The van der Waals surface area contributed by atoms with Crippen LogP contribution in [-0.2, 0) is 20.9 Å². The Balaban J connectivity index is 1.47. The molecule has 34 heavy (non-hydrogen) atoms. The Morgan fingerprint density at radius 1 is 1.03 bits per heavy atom. The molecule has 0 spiro atoms. The number of benzene rings is 2. The van der Waals surface area contributed by atoms with Gasteiger partial charge in [0.05, 0.1) is 23.7 Å². The number of sulfonamides is 1. The van der Waals surface area contributed by atoms with Crippen LogP contribution >= 0.6 is 0 Å². The van der Waals surface area contributed by atoms with Gasteiger partial charge in [-0.3, -0.25) is 0 Å². The number of morpholine rings is 1. The normalized spacial score (nSPS) is 15.8. The Bertz CT molecular complexity index is 1450. The number of fused-ring (bicyclic) bond motifs is 1. The largest absolute Gasteiger partial charge is 0.451 e. The fourth-order valence-electron chi connectivity index (χ4n) is 3.74. The van der Waals surface area contributed by atoms with E-state index in [4.69, 9.17) is 13.7 Å². The fraction of sp³-hybridized carbons (Fsp3) is 0.273. The summed E-state index contributed by atoms with van der Waals surface area (Å²) in [5.74, 6) is 0.377. The molecule has 1 aliphatic heterocycles. The van der Waals surface area contributed by atoms with Crippen molar-refractivity contribution in [1.29, 1.82) is 0 Å². The van der Waals surface area contributed by atoms with Crippen LogP contribution in [0.2, 0.25) is 0 Å². The first-order valence-corrected chi connectivity index (χ1v) is 11.7. The maximum atomic E-state index is 13.0. The maximum Gasteiger partial charge on any atom is 0.416 e. The molecule has 0 radical (unpaired) electrons. The van der Waals surface area contributed by atoms with Crippen LogP contribution in [0.5, 0.6) is 0 Å². The number of halogens is 3. The predicted molar refractivity (Wildman–Crippen MR) is 114 cm³/mol. The zero-order valence-electron chi connectivity index (χ0n) is 17.8. The average molecular weight is 493 g/mol. The van der Waals surface area contributed by atoms with Gasteiger partial charge in [0.1, 0.15) is 5.58 Å². The lowest BCUT2D eigenvalue weighted by Gasteiger charge is -2.26. The summed E-state index contributed by atoms with van der Waals surface area (Å²) >= 11 is 0. The molecule has 0 amide bonds. The molecule has 1 fully saturated rings. The van der Waals surface area contributed by atoms with E-state index in [-0.39, 0.29) is 35.5 Å². The van der Waals surface area contributed by atoms with Crippen molar-refractivity contribution in [2.45, 2.75) is 18.0 Å². The van der Waals surface area contributed by atoms with Crippen molar-refractivity contribution in [3.63, 3.8) is 0 Å². The minimum absolute atomic E-state index is 0.0289. The van der Waals surface area contributed by atoms with Crippen LogP contribution in [-0.4, -0.2) is 49.2 Å². The minimum atomic E-state index is -4.44. The van der Waals surface area contributed by atoms with Gasteiger partial charge in [-0.2, -0.15) is 22.5 Å². The molecule has 3 heterocycles. The summed E-state index contributed by atoms with van der Waals surface area (Å²) in [6.45, 7) is 2.98. The highest BCUT2D eigenvalue weighted by atomic mass is 32.2. The minimum Gasteiger partial charge on any atom is -0.451 e. The molecule has 4 aromatic rings. The summed E-state index contributed by atoms with van der Waals surface area (Å²) in [7, 11) is -3.69. The summed E-state index contributed by atoms with van der Waals surface area (Å²) in [6.07, 6.45) is -4.44. The molecule has 0 bridgehead atoms. The molecular weight excluding hydrogens is 475 g/mol. The Morgan fingerprint density at radius 3 is 2.41 bits per heavy atom. The third kappa shape index (κ3) is 3.97. The topological polar surface area (TPSA) is 98.7 Å². The molecule has 1 saturated heterocycles. The van der Waals surface area contributed by atoms with E-state index in [1.807, 2.05) is 0 Å². The Labute approximate surface area is 192 Å². The molecule has 1 aliphatic rings. The average Bonchev–Trinajstić information content (AvgIpc) is 3.44. The number of alkyl halides is 3. The zero-order valence-corrected chi connectivity index (χ0v) is 18.6. The molecule has 0 unspecified atom stereocenters. The van der Waals surface area contributed by atoms with Gasteiger partial charge in [0.15, 0.2) is 5.76 Å². The molecular formula is C22H18F3N3O5S. The van der Waals surface area contributed by atoms with E-state index in [1.165, 1.54) is 28.6 Å². The molecule has 8 nitrogen and oxygen atoms in total. The molecule has 0 N–H and O–H groups in total. The quantitative estimate of drug-likeness (QED) is 0.413. The monoisotopic (exact) mass is 493 g/mol. The van der Waals surface area contributed by atoms with Crippen LogP contribution in [0.25, 0.3) is 34.0 Å². The van der Waals surface area contributed by atoms with Crippen molar-refractivity contribution in [2.75, 3.05) is 26.3 Å². The second-order valence-electron chi connectivity index (χ2n) is 7.73. The highest BCUT2D eigenvalue weighted by Gasteiger charge is 2.30. The first-order valence-electron chi connectivity index (χ1n) is 10.3. The summed E-state index contributed by atoms with van der Waals surface area (Å²) in [5.41, 5.74) is 0.589. The standard InChI is InChI=1S/C22H18F3N3O5S/c1-13-17-12-16(34(29,30)28-8-10-31-11-9-28)6-7-18(17)32-19(13)21-26-20(27-33-21)14-2-4-15(5-3-14)22(23,24)25/h2-7,12H,8-11H2,1H3. The molecule has 0 aliphatic carbocycles. The van der Waals surface area contributed by atoms with E-state index >= 15 is 0 Å². The number of ether oxygens (including phenoxy) is 1. The summed E-state index contributed by atoms with van der Waals surface area (Å²) in [4.78, 5) is 4.38. The van der Waals surface area contributed by atoms with Crippen LogP contribution in [0.4, 0.5) is 13.2 Å². The number of hydrogen-bond acceptors (Lipinski definition) is 7. The lowest BCUT2D eigenvalue weighted by atomic mass is 10.1. The second kappa shape index (κ2) is 8.22. The van der Waals surface area contributed by atoms with Gasteiger partial charge in [-0.15, -0.1) is 0 Å². The third-order valence-electron chi connectivity index (χ3n) is 5.61. The summed E-state index contributed by atoms with van der Waals surface area (Å²) in [5, 5.41) is 4.41. The number of nitrogens with zero attached hydrogens (tertiary/aromatic N) is 3. The molecule has 0 atom stereocenters. The zero-order chi connectivity index (χ0) is 24.1. The van der Waals surface area contributed by atoms with E-state index in [1.54, 1.807) is 13.0 Å². The van der Waals surface area contributed by atoms with Gasteiger partial charge in [0.25, 0.3) is 5.89 Å². The van der Waals surface area contributed by atoms with Gasteiger partial charge >= 0.3 is 6.18 Å². The van der Waals surface area contributed by atoms with Gasteiger partial charge < -0.3 is 13.7 Å². The van der Waals surface area contributed by atoms with Crippen molar-refractivity contribution in [2.24, 2.45) is 0 Å². The fourth-order valence-corrected chi connectivity index (χ4v) is 5.18. The second-order valence-corrected chi connectivity index (χ2v) is 9.67. The first kappa shape index (κ1) is 22.6. The number of hydrogen-bond donors (Lipinski definition) is 0. The maximum absolute atomic E-state index is 13.0. The van der Waals surface area contributed by atoms with Crippen LogP contribution in [0.3, 0.4) is 0 Å².